The Morgan fingerprint density at radius 2 is 1.69 bits per heavy atom. The summed E-state index contributed by atoms with van der Waals surface area (Å²) in [5.41, 5.74) is 2.26. The molecule has 0 bridgehead atoms. The molecule has 32 heavy (non-hydrogen) atoms. The van der Waals surface area contributed by atoms with Gasteiger partial charge in [0.05, 0.1) is 5.52 Å². The van der Waals surface area contributed by atoms with Gasteiger partial charge in [-0.2, -0.15) is 0 Å². The summed E-state index contributed by atoms with van der Waals surface area (Å²) in [4.78, 5) is 12.6. The van der Waals surface area contributed by atoms with Gasteiger partial charge in [-0.25, -0.2) is 0 Å². The number of hydrogen-bond donors (Lipinski definition) is 1. The van der Waals surface area contributed by atoms with Crippen molar-refractivity contribution in [2.45, 2.75) is 19.1 Å². The number of hydrogen-bond acceptors (Lipinski definition) is 5. The number of azo groups is 1. The molecule has 2 heterocycles. The maximum Gasteiger partial charge on any atom is 0.308 e. The number of aryl methyl sites for hydroxylation is 2. The molecule has 1 aliphatic heterocycles. The third kappa shape index (κ3) is 3.80. The summed E-state index contributed by atoms with van der Waals surface area (Å²) in [5.74, 6) is 0.491. The predicted molar refractivity (Wildman–Crippen MR) is 120 cm³/mol. The van der Waals surface area contributed by atoms with Gasteiger partial charge in [0.2, 0.25) is 12.0 Å². The highest BCUT2D eigenvalue weighted by atomic mass is 16.6. The second-order valence-electron chi connectivity index (χ2n) is 7.48. The Balaban J connectivity index is 1.39. The molecular weight excluding hydrogens is 406 g/mol. The largest absolute Gasteiger partial charge is 0.493 e. The number of rotatable bonds is 5. The molecule has 0 saturated heterocycles. The molecular formula is C25H21N3O4. The summed E-state index contributed by atoms with van der Waals surface area (Å²) in [5, 5.41) is 19.6. The van der Waals surface area contributed by atoms with E-state index in [9.17, 15) is 9.90 Å². The number of amides is 1. The molecule has 0 aliphatic carbocycles. The van der Waals surface area contributed by atoms with Gasteiger partial charge < -0.3 is 19.1 Å². The van der Waals surface area contributed by atoms with Gasteiger partial charge in [-0.1, -0.05) is 60.7 Å². The molecule has 1 N–H and O–H groups in total. The van der Waals surface area contributed by atoms with Crippen molar-refractivity contribution in [2.75, 3.05) is 6.61 Å². The molecule has 0 fully saturated rings. The highest BCUT2D eigenvalue weighted by Crippen LogP contribution is 2.39. The Morgan fingerprint density at radius 3 is 2.53 bits per heavy atom. The van der Waals surface area contributed by atoms with Crippen LogP contribution in [0.15, 0.2) is 89.1 Å². The summed E-state index contributed by atoms with van der Waals surface area (Å²) in [6.45, 7) is 0.621. The first-order chi connectivity index (χ1) is 15.7. The van der Waals surface area contributed by atoms with Crippen molar-refractivity contribution in [1.29, 1.82) is 0 Å². The Kier molecular flexibility index (Phi) is 5.29. The van der Waals surface area contributed by atoms with Crippen LogP contribution in [0.5, 0.6) is 17.4 Å². The standard InChI is InChI=1S/C25H21N3O4/c29-24(22-16-31-20-12-6-7-13-21(20)32-22)27-26-23-18-10-4-5-11-19(18)28(25(23)30)15-14-17-8-2-1-3-9-17/h1-13,22,30H,14-16H2/t22-/m0/s1. The van der Waals surface area contributed by atoms with Crippen LogP contribution in [0.3, 0.4) is 0 Å². The van der Waals surface area contributed by atoms with E-state index in [1.807, 2.05) is 60.7 Å². The number of carbonyl (C=O) groups excluding carboxylic acids is 1. The Morgan fingerprint density at radius 1 is 0.969 bits per heavy atom. The minimum absolute atomic E-state index is 0.0233. The van der Waals surface area contributed by atoms with Crippen LogP contribution in [0.2, 0.25) is 0 Å². The summed E-state index contributed by atoms with van der Waals surface area (Å²) in [6, 6.07) is 24.7. The number of ether oxygens (including phenoxy) is 2. The van der Waals surface area contributed by atoms with Crippen molar-refractivity contribution in [3.8, 4) is 17.4 Å². The normalized spacial score (nSPS) is 15.3. The number of aromatic hydroxyl groups is 1. The zero-order valence-corrected chi connectivity index (χ0v) is 17.2. The summed E-state index contributed by atoms with van der Waals surface area (Å²) in [6.07, 6.45) is -0.142. The minimum Gasteiger partial charge on any atom is -0.493 e. The number of nitrogens with zero attached hydrogens (tertiary/aromatic N) is 3. The molecule has 0 saturated carbocycles. The van der Waals surface area contributed by atoms with E-state index >= 15 is 0 Å². The first kappa shape index (κ1) is 19.8. The smallest absolute Gasteiger partial charge is 0.308 e. The minimum atomic E-state index is -0.887. The number of carbonyl (C=O) groups is 1. The van der Waals surface area contributed by atoms with Crippen molar-refractivity contribution < 1.29 is 19.4 Å². The number of benzene rings is 3. The third-order valence-electron chi connectivity index (χ3n) is 5.42. The van der Waals surface area contributed by atoms with Crippen LogP contribution < -0.4 is 9.47 Å². The van der Waals surface area contributed by atoms with Gasteiger partial charge in [-0.3, -0.25) is 4.79 Å². The highest BCUT2D eigenvalue weighted by molar-refractivity contribution is 5.95. The van der Waals surface area contributed by atoms with E-state index in [1.54, 1.807) is 22.8 Å². The summed E-state index contributed by atoms with van der Waals surface area (Å²) < 4.78 is 13.1. The molecule has 7 heteroatoms. The fourth-order valence-electron chi connectivity index (χ4n) is 3.79. The van der Waals surface area contributed by atoms with E-state index < -0.39 is 12.0 Å². The quantitative estimate of drug-likeness (QED) is 0.452. The van der Waals surface area contributed by atoms with Gasteiger partial charge in [-0.15, -0.1) is 10.2 Å². The molecule has 1 aliphatic rings. The second kappa shape index (κ2) is 8.55. The average molecular weight is 427 g/mol. The van der Waals surface area contributed by atoms with Crippen LogP contribution in [0.25, 0.3) is 10.9 Å². The SMILES string of the molecule is O=C(N=Nc1c(O)n(CCc2ccccc2)c2ccccc12)[C@@H]1COc2ccccc2O1. The summed E-state index contributed by atoms with van der Waals surface area (Å²) >= 11 is 0. The fourth-order valence-corrected chi connectivity index (χ4v) is 3.79. The molecule has 3 aromatic carbocycles. The maximum absolute atomic E-state index is 12.6. The van der Waals surface area contributed by atoms with E-state index in [2.05, 4.69) is 10.2 Å². The van der Waals surface area contributed by atoms with E-state index in [-0.39, 0.29) is 18.2 Å². The topological polar surface area (TPSA) is 85.4 Å². The first-order valence-electron chi connectivity index (χ1n) is 10.4. The predicted octanol–water partition coefficient (Wildman–Crippen LogP) is 5.04. The Labute approximate surface area is 184 Å². The molecule has 0 radical (unpaired) electrons. The molecule has 4 aromatic rings. The van der Waals surface area contributed by atoms with Crippen LogP contribution in [0.1, 0.15) is 5.56 Å². The van der Waals surface area contributed by atoms with Gasteiger partial charge in [0.15, 0.2) is 17.2 Å². The molecule has 1 amide bonds. The molecule has 1 atom stereocenters. The van der Waals surface area contributed by atoms with Crippen molar-refractivity contribution in [1.82, 2.24) is 4.57 Å². The molecule has 1 aromatic heterocycles. The number of fused-ring (bicyclic) bond motifs is 2. The first-order valence-corrected chi connectivity index (χ1v) is 10.4. The zero-order chi connectivity index (χ0) is 21.9. The number of para-hydroxylation sites is 3. The monoisotopic (exact) mass is 427 g/mol. The fraction of sp³-hybridized carbons (Fsp3) is 0.160. The highest BCUT2D eigenvalue weighted by Gasteiger charge is 2.27. The zero-order valence-electron chi connectivity index (χ0n) is 17.2. The van der Waals surface area contributed by atoms with E-state index in [4.69, 9.17) is 9.47 Å². The van der Waals surface area contributed by atoms with Crippen LogP contribution in [0.4, 0.5) is 5.69 Å². The van der Waals surface area contributed by atoms with Crippen molar-refractivity contribution in [3.05, 3.63) is 84.4 Å². The Bertz CT molecular complexity index is 1300. The van der Waals surface area contributed by atoms with E-state index in [0.717, 1.165) is 22.9 Å². The lowest BCUT2D eigenvalue weighted by molar-refractivity contribution is -0.127. The van der Waals surface area contributed by atoms with Crippen LogP contribution in [-0.2, 0) is 17.8 Å². The lowest BCUT2D eigenvalue weighted by Gasteiger charge is -2.23. The third-order valence-corrected chi connectivity index (χ3v) is 5.42. The maximum atomic E-state index is 12.6. The summed E-state index contributed by atoms with van der Waals surface area (Å²) in [7, 11) is 0. The number of aromatic nitrogens is 1. The van der Waals surface area contributed by atoms with Gasteiger partial charge >= 0.3 is 5.91 Å². The van der Waals surface area contributed by atoms with Crippen LogP contribution >= 0.6 is 0 Å². The second-order valence-corrected chi connectivity index (χ2v) is 7.48. The van der Waals surface area contributed by atoms with Gasteiger partial charge in [0.25, 0.3) is 0 Å². The molecule has 5 rings (SSSR count). The molecule has 0 spiro atoms. The van der Waals surface area contributed by atoms with Crippen LogP contribution in [-0.4, -0.2) is 28.3 Å². The lowest BCUT2D eigenvalue weighted by atomic mass is 10.1. The Hall–Kier alpha value is -4.13. The molecule has 0 unspecified atom stereocenters. The molecule has 7 nitrogen and oxygen atoms in total. The molecule has 160 valence electrons. The van der Waals surface area contributed by atoms with E-state index in [1.165, 1.54) is 0 Å². The van der Waals surface area contributed by atoms with Crippen molar-refractivity contribution in [3.63, 3.8) is 0 Å². The van der Waals surface area contributed by atoms with Gasteiger partial charge in [0, 0.05) is 11.9 Å². The average Bonchev–Trinajstić information content (AvgIpc) is 3.12. The van der Waals surface area contributed by atoms with Crippen molar-refractivity contribution in [2.24, 2.45) is 10.2 Å². The van der Waals surface area contributed by atoms with Crippen molar-refractivity contribution >= 4 is 22.5 Å². The van der Waals surface area contributed by atoms with Crippen LogP contribution in [0, 0.1) is 0 Å². The van der Waals surface area contributed by atoms with E-state index in [0.29, 0.717) is 18.0 Å². The van der Waals surface area contributed by atoms with Gasteiger partial charge in [0.1, 0.15) is 6.61 Å². The van der Waals surface area contributed by atoms with Gasteiger partial charge in [-0.05, 0) is 30.2 Å². The lowest BCUT2D eigenvalue weighted by Crippen LogP contribution is -2.35.